The summed E-state index contributed by atoms with van der Waals surface area (Å²) in [6, 6.07) is 21.0. The molecule has 5 heteroatoms. The molecule has 2 atom stereocenters. The molecule has 0 spiro atoms. The minimum Gasteiger partial charge on any atom is -0.493 e. The van der Waals surface area contributed by atoms with Gasteiger partial charge in [0, 0.05) is 18.5 Å². The molecule has 0 aliphatic carbocycles. The molecule has 2 aliphatic rings. The molecule has 3 aromatic rings. The first-order chi connectivity index (χ1) is 14.8. The smallest absolute Gasteiger partial charge is 0.231 e. The van der Waals surface area contributed by atoms with Crippen molar-refractivity contribution in [1.29, 1.82) is 0 Å². The van der Waals surface area contributed by atoms with Gasteiger partial charge in [-0.15, -0.1) is 0 Å². The highest BCUT2D eigenvalue weighted by molar-refractivity contribution is 5.63. The summed E-state index contributed by atoms with van der Waals surface area (Å²) in [5.41, 5.74) is 3.44. The molecule has 5 rings (SSSR count). The molecule has 4 nitrogen and oxygen atoms in total. The fourth-order valence-corrected chi connectivity index (χ4v) is 4.27. The second-order valence-electron chi connectivity index (χ2n) is 7.81. The van der Waals surface area contributed by atoms with Crippen LogP contribution in [0.4, 0.5) is 4.39 Å². The van der Waals surface area contributed by atoms with Gasteiger partial charge in [-0.25, -0.2) is 4.39 Å². The average molecular weight is 405 g/mol. The van der Waals surface area contributed by atoms with Gasteiger partial charge in [-0.05, 0) is 59.8 Å². The monoisotopic (exact) mass is 405 g/mol. The summed E-state index contributed by atoms with van der Waals surface area (Å²) < 4.78 is 30.1. The van der Waals surface area contributed by atoms with Crippen molar-refractivity contribution in [3.63, 3.8) is 0 Å². The summed E-state index contributed by atoms with van der Waals surface area (Å²) in [5.74, 6) is 2.90. The zero-order valence-corrected chi connectivity index (χ0v) is 16.6. The van der Waals surface area contributed by atoms with Crippen molar-refractivity contribution < 1.29 is 18.6 Å². The average Bonchev–Trinajstić information content (AvgIpc) is 3.27. The standard InChI is InChI=1S/C25H24FNO3/c26-21-7-5-18(6-8-21)17-1-3-19(4-2-17)23-11-12-27-14-20(23)15-28-22-9-10-24-25(13-22)30-16-29-24/h1-10,13,20,23,27H,11-12,14-16H2/t20-,23-/m0/s1. The minimum absolute atomic E-state index is 0.213. The van der Waals surface area contributed by atoms with Crippen molar-refractivity contribution in [2.75, 3.05) is 26.5 Å². The maximum atomic E-state index is 13.2. The van der Waals surface area contributed by atoms with Crippen LogP contribution in [0.2, 0.25) is 0 Å². The van der Waals surface area contributed by atoms with Crippen LogP contribution in [0.5, 0.6) is 17.2 Å². The third-order valence-corrected chi connectivity index (χ3v) is 5.93. The van der Waals surface area contributed by atoms with Crippen LogP contribution in [-0.2, 0) is 0 Å². The maximum absolute atomic E-state index is 13.2. The third-order valence-electron chi connectivity index (χ3n) is 5.93. The van der Waals surface area contributed by atoms with Crippen LogP contribution >= 0.6 is 0 Å². The van der Waals surface area contributed by atoms with Crippen LogP contribution in [0.15, 0.2) is 66.7 Å². The van der Waals surface area contributed by atoms with Crippen molar-refractivity contribution in [3.8, 4) is 28.4 Å². The van der Waals surface area contributed by atoms with Gasteiger partial charge in [-0.2, -0.15) is 0 Å². The molecule has 3 aromatic carbocycles. The van der Waals surface area contributed by atoms with E-state index in [1.807, 2.05) is 30.3 Å². The zero-order chi connectivity index (χ0) is 20.3. The SMILES string of the molecule is Fc1ccc(-c2ccc([C@@H]3CCNC[C@H]3COc3ccc4c(c3)OCO4)cc2)cc1. The highest BCUT2D eigenvalue weighted by atomic mass is 19.1. The lowest BCUT2D eigenvalue weighted by atomic mass is 9.81. The van der Waals surface area contributed by atoms with Crippen LogP contribution in [0.1, 0.15) is 17.9 Å². The van der Waals surface area contributed by atoms with Crippen molar-refractivity contribution in [1.82, 2.24) is 5.32 Å². The van der Waals surface area contributed by atoms with E-state index in [-0.39, 0.29) is 12.6 Å². The number of halogens is 1. The molecule has 0 aromatic heterocycles. The molecule has 0 saturated carbocycles. The predicted molar refractivity (Wildman–Crippen MR) is 114 cm³/mol. The van der Waals surface area contributed by atoms with Crippen molar-refractivity contribution >= 4 is 0 Å². The lowest BCUT2D eigenvalue weighted by molar-refractivity contribution is 0.173. The second kappa shape index (κ2) is 8.36. The normalized spacial score (nSPS) is 20.2. The van der Waals surface area contributed by atoms with Gasteiger partial charge in [0.1, 0.15) is 11.6 Å². The largest absolute Gasteiger partial charge is 0.493 e. The Balaban J connectivity index is 1.28. The quantitative estimate of drug-likeness (QED) is 0.649. The third kappa shape index (κ3) is 3.98. The van der Waals surface area contributed by atoms with E-state index in [4.69, 9.17) is 14.2 Å². The summed E-state index contributed by atoms with van der Waals surface area (Å²) in [7, 11) is 0. The number of piperidine rings is 1. The van der Waals surface area contributed by atoms with E-state index in [1.54, 1.807) is 0 Å². The van der Waals surface area contributed by atoms with E-state index in [9.17, 15) is 4.39 Å². The molecule has 1 fully saturated rings. The predicted octanol–water partition coefficient (Wildman–Crippen LogP) is 4.99. The van der Waals surface area contributed by atoms with E-state index in [2.05, 4.69) is 29.6 Å². The summed E-state index contributed by atoms with van der Waals surface area (Å²) in [5, 5.41) is 3.49. The Morgan fingerprint density at radius 2 is 1.63 bits per heavy atom. The van der Waals surface area contributed by atoms with Gasteiger partial charge in [-0.3, -0.25) is 0 Å². The molecule has 0 unspecified atom stereocenters. The lowest BCUT2D eigenvalue weighted by Crippen LogP contribution is -2.38. The van der Waals surface area contributed by atoms with Gasteiger partial charge >= 0.3 is 0 Å². The van der Waals surface area contributed by atoms with E-state index in [0.29, 0.717) is 18.4 Å². The van der Waals surface area contributed by atoms with Gasteiger partial charge in [0.25, 0.3) is 0 Å². The number of benzene rings is 3. The van der Waals surface area contributed by atoms with Crippen LogP contribution in [-0.4, -0.2) is 26.5 Å². The Bertz CT molecular complexity index is 1000. The first kappa shape index (κ1) is 18.9. The molecule has 2 heterocycles. The lowest BCUT2D eigenvalue weighted by Gasteiger charge is -2.32. The van der Waals surface area contributed by atoms with Crippen LogP contribution < -0.4 is 19.5 Å². The van der Waals surface area contributed by atoms with Gasteiger partial charge in [0.2, 0.25) is 6.79 Å². The maximum Gasteiger partial charge on any atom is 0.231 e. The molecule has 1 N–H and O–H groups in total. The van der Waals surface area contributed by atoms with E-state index < -0.39 is 0 Å². The molecular formula is C25H24FNO3. The molecule has 1 saturated heterocycles. The Morgan fingerprint density at radius 3 is 2.43 bits per heavy atom. The number of fused-ring (bicyclic) bond motifs is 1. The molecule has 154 valence electrons. The summed E-state index contributed by atoms with van der Waals surface area (Å²) in [6.07, 6.45) is 1.07. The fourth-order valence-electron chi connectivity index (χ4n) is 4.27. The van der Waals surface area contributed by atoms with Crippen molar-refractivity contribution in [2.24, 2.45) is 5.92 Å². The highest BCUT2D eigenvalue weighted by Gasteiger charge is 2.27. The molecule has 0 amide bonds. The van der Waals surface area contributed by atoms with E-state index in [1.165, 1.54) is 17.7 Å². The van der Waals surface area contributed by atoms with Gasteiger partial charge in [-0.1, -0.05) is 36.4 Å². The van der Waals surface area contributed by atoms with Crippen LogP contribution in [0.25, 0.3) is 11.1 Å². The summed E-state index contributed by atoms with van der Waals surface area (Å²) in [6.45, 7) is 2.83. The van der Waals surface area contributed by atoms with Gasteiger partial charge in [0.15, 0.2) is 11.5 Å². The van der Waals surface area contributed by atoms with Crippen molar-refractivity contribution in [3.05, 3.63) is 78.1 Å². The Morgan fingerprint density at radius 1 is 0.900 bits per heavy atom. The van der Waals surface area contributed by atoms with Crippen LogP contribution in [0, 0.1) is 11.7 Å². The molecule has 30 heavy (non-hydrogen) atoms. The number of rotatable bonds is 5. The number of nitrogens with one attached hydrogen (secondary N) is 1. The highest BCUT2D eigenvalue weighted by Crippen LogP contribution is 2.36. The zero-order valence-electron chi connectivity index (χ0n) is 16.6. The fraction of sp³-hybridized carbons (Fsp3) is 0.280. The number of hydrogen-bond acceptors (Lipinski definition) is 4. The Labute approximate surface area is 175 Å². The Hall–Kier alpha value is -3.05. The summed E-state index contributed by atoms with van der Waals surface area (Å²) in [4.78, 5) is 0. The van der Waals surface area contributed by atoms with E-state index in [0.717, 1.165) is 47.9 Å². The summed E-state index contributed by atoms with van der Waals surface area (Å²) >= 11 is 0. The first-order valence-electron chi connectivity index (χ1n) is 10.4. The topological polar surface area (TPSA) is 39.7 Å². The Kier molecular flexibility index (Phi) is 5.28. The van der Waals surface area contributed by atoms with Crippen LogP contribution in [0.3, 0.4) is 0 Å². The first-order valence-corrected chi connectivity index (χ1v) is 10.4. The minimum atomic E-state index is -0.213. The number of hydrogen-bond donors (Lipinski definition) is 1. The molecule has 0 radical (unpaired) electrons. The molecule has 0 bridgehead atoms. The van der Waals surface area contributed by atoms with Crippen molar-refractivity contribution in [2.45, 2.75) is 12.3 Å². The second-order valence-corrected chi connectivity index (χ2v) is 7.81. The molecule has 2 aliphatic heterocycles. The molecular weight excluding hydrogens is 381 g/mol. The van der Waals surface area contributed by atoms with Gasteiger partial charge < -0.3 is 19.5 Å². The van der Waals surface area contributed by atoms with E-state index >= 15 is 0 Å². The number of ether oxygens (including phenoxy) is 3. The van der Waals surface area contributed by atoms with Gasteiger partial charge in [0.05, 0.1) is 6.61 Å².